The number of fused-ring (bicyclic) bond motifs is 1. The normalized spacial score (nSPS) is 13.2. The van der Waals surface area contributed by atoms with Crippen LogP contribution in [0.4, 0.5) is 0 Å². The number of hydrazine groups is 1. The Morgan fingerprint density at radius 2 is 2.00 bits per heavy atom. The van der Waals surface area contributed by atoms with Crippen LogP contribution >= 0.6 is 23.2 Å². The predicted octanol–water partition coefficient (Wildman–Crippen LogP) is 2.47. The van der Waals surface area contributed by atoms with E-state index in [1.165, 1.54) is 0 Å². The highest BCUT2D eigenvalue weighted by Gasteiger charge is 2.18. The zero-order chi connectivity index (χ0) is 18.8. The summed E-state index contributed by atoms with van der Waals surface area (Å²) in [5.74, 6) is 10.6. The molecule has 136 valence electrons. The molecule has 0 aliphatic carbocycles. The van der Waals surface area contributed by atoms with Crippen molar-refractivity contribution in [3.05, 3.63) is 63.3 Å². The van der Waals surface area contributed by atoms with Crippen molar-refractivity contribution in [1.82, 2.24) is 15.2 Å². The minimum Gasteiger partial charge on any atom is -0.380 e. The summed E-state index contributed by atoms with van der Waals surface area (Å²) in [6.07, 6.45) is -1.08. The van der Waals surface area contributed by atoms with Crippen LogP contribution in [0, 0.1) is 6.92 Å². The van der Waals surface area contributed by atoms with Crippen LogP contribution in [0.25, 0.3) is 10.9 Å². The third kappa shape index (κ3) is 3.34. The molecule has 3 aromatic rings. The highest BCUT2D eigenvalue weighted by atomic mass is 35.5. The van der Waals surface area contributed by atoms with Crippen molar-refractivity contribution in [2.75, 3.05) is 0 Å². The smallest absolute Gasteiger partial charge is 0.169 e. The second-order valence-corrected chi connectivity index (χ2v) is 6.60. The van der Waals surface area contributed by atoms with E-state index in [1.54, 1.807) is 28.9 Å². The minimum atomic E-state index is -1.08. The zero-order valence-corrected chi connectivity index (χ0v) is 15.5. The molecular formula is C17H18Cl2N6O. The highest BCUT2D eigenvalue weighted by molar-refractivity contribution is 6.36. The Balaban J connectivity index is 2.08. The van der Waals surface area contributed by atoms with Crippen LogP contribution < -0.4 is 17.1 Å². The molecule has 0 fully saturated rings. The first-order valence-corrected chi connectivity index (χ1v) is 8.54. The van der Waals surface area contributed by atoms with Crippen molar-refractivity contribution in [2.24, 2.45) is 16.8 Å². The van der Waals surface area contributed by atoms with E-state index in [1.807, 2.05) is 19.1 Å². The summed E-state index contributed by atoms with van der Waals surface area (Å²) in [4.78, 5) is 0. The van der Waals surface area contributed by atoms with Crippen molar-refractivity contribution >= 4 is 39.9 Å². The molecule has 0 spiro atoms. The van der Waals surface area contributed by atoms with E-state index >= 15 is 0 Å². The van der Waals surface area contributed by atoms with Gasteiger partial charge in [0.05, 0.1) is 17.8 Å². The summed E-state index contributed by atoms with van der Waals surface area (Å²) in [7, 11) is 0. The van der Waals surface area contributed by atoms with Gasteiger partial charge in [0.2, 0.25) is 0 Å². The van der Waals surface area contributed by atoms with Crippen molar-refractivity contribution in [2.45, 2.75) is 19.6 Å². The molecular weight excluding hydrogens is 375 g/mol. The van der Waals surface area contributed by atoms with E-state index in [0.29, 0.717) is 22.2 Å². The monoisotopic (exact) mass is 392 g/mol. The molecule has 0 saturated carbocycles. The van der Waals surface area contributed by atoms with E-state index in [4.69, 9.17) is 34.9 Å². The lowest BCUT2D eigenvalue weighted by molar-refractivity contribution is 0.242. The molecule has 1 atom stereocenters. The number of aliphatic hydroxyl groups excluding tert-OH is 1. The van der Waals surface area contributed by atoms with Gasteiger partial charge in [-0.1, -0.05) is 41.4 Å². The molecule has 9 heteroatoms. The molecule has 1 aromatic heterocycles. The fourth-order valence-electron chi connectivity index (χ4n) is 2.83. The number of halogens is 2. The lowest BCUT2D eigenvalue weighted by atomic mass is 10.1. The fourth-order valence-corrected chi connectivity index (χ4v) is 3.34. The number of aromatic nitrogens is 2. The quantitative estimate of drug-likeness (QED) is 0.235. The summed E-state index contributed by atoms with van der Waals surface area (Å²) in [5, 5.41) is 20.5. The minimum absolute atomic E-state index is 0.0567. The van der Waals surface area contributed by atoms with E-state index < -0.39 is 6.10 Å². The van der Waals surface area contributed by atoms with E-state index in [2.05, 4.69) is 15.6 Å². The van der Waals surface area contributed by atoms with Crippen LogP contribution in [0.2, 0.25) is 10.0 Å². The molecule has 0 bridgehead atoms. The third-order valence-corrected chi connectivity index (χ3v) is 4.90. The largest absolute Gasteiger partial charge is 0.380 e. The predicted molar refractivity (Wildman–Crippen MR) is 104 cm³/mol. The first-order chi connectivity index (χ1) is 12.5. The molecule has 2 aromatic carbocycles. The maximum atomic E-state index is 10.4. The molecule has 0 aliphatic heterocycles. The number of hydrazone groups is 1. The van der Waals surface area contributed by atoms with Crippen molar-refractivity contribution in [3.8, 4) is 0 Å². The number of rotatable bonds is 4. The molecule has 0 saturated heterocycles. The maximum absolute atomic E-state index is 10.4. The number of nitrogens with two attached hydrogens (primary N) is 2. The van der Waals surface area contributed by atoms with Crippen molar-refractivity contribution in [3.63, 3.8) is 0 Å². The number of hydrogen-bond acceptors (Lipinski definition) is 5. The van der Waals surface area contributed by atoms with Crippen LogP contribution in [-0.2, 0) is 6.54 Å². The Bertz CT molecular complexity index is 965. The van der Waals surface area contributed by atoms with Gasteiger partial charge in [0.15, 0.2) is 5.84 Å². The van der Waals surface area contributed by atoms with Gasteiger partial charge in [0.25, 0.3) is 0 Å². The molecule has 3 rings (SSSR count). The average Bonchev–Trinajstić information content (AvgIpc) is 2.94. The number of nitrogens with zero attached hydrogens (tertiary/aromatic N) is 3. The molecule has 6 N–H and O–H groups in total. The summed E-state index contributed by atoms with van der Waals surface area (Å²) >= 11 is 12.6. The highest BCUT2D eigenvalue weighted by Crippen LogP contribution is 2.28. The zero-order valence-electron chi connectivity index (χ0n) is 13.9. The van der Waals surface area contributed by atoms with Gasteiger partial charge in [-0.2, -0.15) is 10.2 Å². The van der Waals surface area contributed by atoms with Gasteiger partial charge in [-0.15, -0.1) is 0 Å². The van der Waals surface area contributed by atoms with Crippen LogP contribution in [0.1, 0.15) is 22.9 Å². The summed E-state index contributed by atoms with van der Waals surface area (Å²) in [5.41, 5.74) is 5.32. The second kappa shape index (κ2) is 7.51. The lowest BCUT2D eigenvalue weighted by Gasteiger charge is -2.13. The Kier molecular flexibility index (Phi) is 5.33. The van der Waals surface area contributed by atoms with Gasteiger partial charge in [-0.05, 0) is 30.7 Å². The van der Waals surface area contributed by atoms with E-state index in [-0.39, 0.29) is 5.84 Å². The standard InChI is InChI=1S/C17H18Cl2N6O/c1-9-11-6-5-10(16(26)17(22-20)23-21)7-15(11)25(24-9)8-12-13(18)3-2-4-14(12)19/h2-7,16,26H,8,20-21H2,1H3,(H,22,23). The first-order valence-electron chi connectivity index (χ1n) is 7.78. The molecule has 0 amide bonds. The van der Waals surface area contributed by atoms with E-state index in [9.17, 15) is 5.11 Å². The number of amidine groups is 1. The molecule has 0 aliphatic rings. The second-order valence-electron chi connectivity index (χ2n) is 5.78. The Hall–Kier alpha value is -2.32. The van der Waals surface area contributed by atoms with E-state index in [0.717, 1.165) is 22.2 Å². The van der Waals surface area contributed by atoms with Crippen LogP contribution in [0.15, 0.2) is 41.5 Å². The SMILES string of the molecule is Cc1nn(Cc2c(Cl)cccc2Cl)c2cc(C(O)/C(=N/N)NN)ccc12. The number of hydrogen-bond donors (Lipinski definition) is 4. The van der Waals surface area contributed by atoms with Gasteiger partial charge in [0, 0.05) is 21.0 Å². The summed E-state index contributed by atoms with van der Waals surface area (Å²) < 4.78 is 1.79. The van der Waals surface area contributed by atoms with Gasteiger partial charge < -0.3 is 16.4 Å². The number of aryl methyl sites for hydroxylation is 1. The van der Waals surface area contributed by atoms with Crippen molar-refractivity contribution < 1.29 is 5.11 Å². The Morgan fingerprint density at radius 3 is 2.62 bits per heavy atom. The molecule has 1 unspecified atom stereocenters. The van der Waals surface area contributed by atoms with Gasteiger partial charge >= 0.3 is 0 Å². The summed E-state index contributed by atoms with van der Waals surface area (Å²) in [6, 6.07) is 10.8. The maximum Gasteiger partial charge on any atom is 0.169 e. The average molecular weight is 393 g/mol. The molecule has 1 heterocycles. The summed E-state index contributed by atoms with van der Waals surface area (Å²) in [6.45, 7) is 2.31. The van der Waals surface area contributed by atoms with Gasteiger partial charge in [0.1, 0.15) is 6.10 Å². The van der Waals surface area contributed by atoms with Crippen LogP contribution in [0.5, 0.6) is 0 Å². The molecule has 7 nitrogen and oxygen atoms in total. The number of aliphatic hydroxyl groups is 1. The topological polar surface area (TPSA) is 114 Å². The first kappa shape index (κ1) is 18.5. The number of nitrogens with one attached hydrogen (secondary N) is 1. The molecule has 26 heavy (non-hydrogen) atoms. The van der Waals surface area contributed by atoms with Crippen LogP contribution in [-0.4, -0.2) is 20.7 Å². The van der Waals surface area contributed by atoms with Gasteiger partial charge in [-0.3, -0.25) is 4.68 Å². The Morgan fingerprint density at radius 1 is 1.31 bits per heavy atom. The van der Waals surface area contributed by atoms with Crippen LogP contribution in [0.3, 0.4) is 0 Å². The van der Waals surface area contributed by atoms with Crippen molar-refractivity contribution in [1.29, 1.82) is 0 Å². The lowest BCUT2D eigenvalue weighted by Crippen LogP contribution is -2.36. The fraction of sp³-hybridized carbons (Fsp3) is 0.176. The third-order valence-electron chi connectivity index (χ3n) is 4.19. The number of benzene rings is 2. The molecule has 0 radical (unpaired) electrons. The Labute approximate surface area is 160 Å². The van der Waals surface area contributed by atoms with Gasteiger partial charge in [-0.25, -0.2) is 5.84 Å².